The van der Waals surface area contributed by atoms with Gasteiger partial charge in [0.25, 0.3) is 0 Å². The molecule has 0 amide bonds. The highest BCUT2D eigenvalue weighted by Gasteiger charge is 2.16. The van der Waals surface area contributed by atoms with Crippen LogP contribution in [0.4, 0.5) is 5.13 Å². The van der Waals surface area contributed by atoms with Crippen molar-refractivity contribution in [1.82, 2.24) is 15.2 Å². The zero-order valence-electron chi connectivity index (χ0n) is 13.4. The molecular weight excluding hydrogens is 336 g/mol. The molecule has 6 nitrogen and oxygen atoms in total. The lowest BCUT2D eigenvalue weighted by molar-refractivity contribution is 0.341. The van der Waals surface area contributed by atoms with E-state index in [0.717, 1.165) is 32.9 Å². The highest BCUT2D eigenvalue weighted by molar-refractivity contribution is 7.18. The highest BCUT2D eigenvalue weighted by atomic mass is 32.1. The Balaban J connectivity index is 1.69. The number of rotatable bonds is 4. The predicted molar refractivity (Wildman–Crippen MR) is 98.4 cm³/mol. The predicted octanol–water partition coefficient (Wildman–Crippen LogP) is 4.05. The number of hydrogen-bond acceptors (Lipinski definition) is 7. The Morgan fingerprint density at radius 3 is 2.80 bits per heavy atom. The summed E-state index contributed by atoms with van der Waals surface area (Å²) >= 11 is 1.38. The third-order valence-corrected chi connectivity index (χ3v) is 4.45. The number of aromatic hydroxyl groups is 1. The summed E-state index contributed by atoms with van der Waals surface area (Å²) in [5, 5.41) is 20.0. The van der Waals surface area contributed by atoms with Crippen molar-refractivity contribution in [3.8, 4) is 22.2 Å². The van der Waals surface area contributed by atoms with E-state index >= 15 is 0 Å². The zero-order chi connectivity index (χ0) is 17.2. The number of aliphatic imine (C=N–C) groups is 1. The summed E-state index contributed by atoms with van der Waals surface area (Å²) in [5.74, 6) is 1.02. The molecule has 0 radical (unpaired) electrons. The number of phenolic OH excluding ortho intramolecular Hbond substituents is 1. The van der Waals surface area contributed by atoms with Gasteiger partial charge in [-0.25, -0.2) is 9.98 Å². The second-order valence-corrected chi connectivity index (χ2v) is 6.27. The van der Waals surface area contributed by atoms with Crippen molar-refractivity contribution in [3.63, 3.8) is 0 Å². The average Bonchev–Trinajstić information content (AvgIpc) is 2.99. The molecule has 0 spiro atoms. The summed E-state index contributed by atoms with van der Waals surface area (Å²) in [5.41, 5.74) is 2.49. The molecule has 2 heterocycles. The van der Waals surface area contributed by atoms with Crippen LogP contribution >= 0.6 is 11.3 Å². The number of aromatic nitrogens is 3. The summed E-state index contributed by atoms with van der Waals surface area (Å²) in [6, 6.07) is 12.5. The van der Waals surface area contributed by atoms with E-state index in [1.165, 1.54) is 11.3 Å². The third kappa shape index (κ3) is 3.14. The number of ether oxygens (including phenoxy) is 1. The van der Waals surface area contributed by atoms with Crippen LogP contribution in [0, 0.1) is 0 Å². The summed E-state index contributed by atoms with van der Waals surface area (Å²) < 4.78 is 5.54. The van der Waals surface area contributed by atoms with Crippen LogP contribution < -0.4 is 4.74 Å². The van der Waals surface area contributed by atoms with E-state index in [-0.39, 0.29) is 5.75 Å². The maximum atomic E-state index is 9.30. The van der Waals surface area contributed by atoms with Gasteiger partial charge in [-0.15, -0.1) is 10.2 Å². The van der Waals surface area contributed by atoms with E-state index in [1.807, 2.05) is 25.1 Å². The maximum absolute atomic E-state index is 9.30. The molecule has 4 rings (SSSR count). The van der Waals surface area contributed by atoms with Crippen LogP contribution in [0.15, 0.2) is 47.5 Å². The molecule has 0 bridgehead atoms. The summed E-state index contributed by atoms with van der Waals surface area (Å²) in [6.07, 6.45) is 1.68. The minimum Gasteiger partial charge on any atom is -0.508 e. The molecule has 1 N–H and O–H groups in total. The monoisotopic (exact) mass is 350 g/mol. The van der Waals surface area contributed by atoms with Gasteiger partial charge in [-0.05, 0) is 55.0 Å². The molecule has 0 saturated carbocycles. The number of hydrogen-bond donors (Lipinski definition) is 1. The Morgan fingerprint density at radius 2 is 2.00 bits per heavy atom. The van der Waals surface area contributed by atoms with Crippen molar-refractivity contribution >= 4 is 33.6 Å². The molecule has 0 saturated heterocycles. The first-order chi connectivity index (χ1) is 12.2. The SMILES string of the molecule is CCOc1ccc2nc3sc(/N=C/c4ccc(O)cc4)nnc-3c2c1. The van der Waals surface area contributed by atoms with Gasteiger partial charge in [-0.2, -0.15) is 0 Å². The Morgan fingerprint density at radius 1 is 1.16 bits per heavy atom. The van der Waals surface area contributed by atoms with Crippen molar-refractivity contribution in [3.05, 3.63) is 48.0 Å². The molecule has 0 aliphatic carbocycles. The van der Waals surface area contributed by atoms with Crippen LogP contribution in [0.1, 0.15) is 12.5 Å². The van der Waals surface area contributed by atoms with Crippen LogP contribution in [-0.4, -0.2) is 33.1 Å². The average molecular weight is 350 g/mol. The van der Waals surface area contributed by atoms with Gasteiger partial charge in [0.05, 0.1) is 12.1 Å². The second kappa shape index (κ2) is 6.45. The first-order valence-electron chi connectivity index (χ1n) is 7.76. The molecule has 124 valence electrons. The van der Waals surface area contributed by atoms with Crippen LogP contribution in [-0.2, 0) is 0 Å². The smallest absolute Gasteiger partial charge is 0.231 e. The molecule has 0 atom stereocenters. The van der Waals surface area contributed by atoms with Crippen LogP contribution in [0.3, 0.4) is 0 Å². The minimum absolute atomic E-state index is 0.222. The van der Waals surface area contributed by atoms with Crippen molar-refractivity contribution < 1.29 is 9.84 Å². The first kappa shape index (κ1) is 15.5. The van der Waals surface area contributed by atoms with Gasteiger partial charge in [0.2, 0.25) is 5.13 Å². The van der Waals surface area contributed by atoms with Gasteiger partial charge in [0.1, 0.15) is 22.2 Å². The van der Waals surface area contributed by atoms with E-state index in [1.54, 1.807) is 30.5 Å². The molecule has 25 heavy (non-hydrogen) atoms. The molecule has 2 aliphatic heterocycles. The minimum atomic E-state index is 0.222. The topological polar surface area (TPSA) is 80.5 Å². The number of nitrogens with zero attached hydrogens (tertiary/aromatic N) is 4. The summed E-state index contributed by atoms with van der Waals surface area (Å²) in [6.45, 7) is 2.56. The van der Waals surface area contributed by atoms with Crippen LogP contribution in [0.5, 0.6) is 11.5 Å². The lowest BCUT2D eigenvalue weighted by Crippen LogP contribution is -1.90. The van der Waals surface area contributed by atoms with Gasteiger partial charge in [-0.3, -0.25) is 0 Å². The normalized spacial score (nSPS) is 11.6. The fourth-order valence-electron chi connectivity index (χ4n) is 2.45. The highest BCUT2D eigenvalue weighted by Crippen LogP contribution is 2.36. The van der Waals surface area contributed by atoms with E-state index in [0.29, 0.717) is 11.7 Å². The largest absolute Gasteiger partial charge is 0.508 e. The maximum Gasteiger partial charge on any atom is 0.231 e. The molecule has 7 heteroatoms. The molecular formula is C18H14N4O2S. The van der Waals surface area contributed by atoms with E-state index in [4.69, 9.17) is 4.74 Å². The fourth-order valence-corrected chi connectivity index (χ4v) is 3.20. The Labute approximate surface area is 147 Å². The fraction of sp³-hybridized carbons (Fsp3) is 0.111. The van der Waals surface area contributed by atoms with E-state index in [2.05, 4.69) is 20.2 Å². The van der Waals surface area contributed by atoms with Gasteiger partial charge < -0.3 is 9.84 Å². The van der Waals surface area contributed by atoms with Crippen molar-refractivity contribution in [2.45, 2.75) is 6.92 Å². The zero-order valence-corrected chi connectivity index (χ0v) is 14.2. The van der Waals surface area contributed by atoms with Gasteiger partial charge in [-0.1, -0.05) is 11.3 Å². The van der Waals surface area contributed by atoms with Crippen LogP contribution in [0.25, 0.3) is 21.6 Å². The number of phenols is 1. The number of fused-ring (bicyclic) bond motifs is 3. The Hall–Kier alpha value is -3.06. The van der Waals surface area contributed by atoms with Crippen molar-refractivity contribution in [2.75, 3.05) is 6.61 Å². The van der Waals surface area contributed by atoms with Gasteiger partial charge in [0.15, 0.2) is 0 Å². The molecule has 0 fully saturated rings. The van der Waals surface area contributed by atoms with Crippen LogP contribution in [0.2, 0.25) is 0 Å². The molecule has 0 aromatic heterocycles. The second-order valence-electron chi connectivity index (χ2n) is 5.31. The molecule has 2 aliphatic rings. The quantitative estimate of drug-likeness (QED) is 0.562. The van der Waals surface area contributed by atoms with Crippen molar-refractivity contribution in [1.29, 1.82) is 0 Å². The number of benzene rings is 2. The molecule has 2 aromatic carbocycles. The van der Waals surface area contributed by atoms with E-state index in [9.17, 15) is 5.11 Å². The molecule has 2 aromatic rings. The standard InChI is InChI=1S/C18H14N4O2S/c1-2-24-13-7-8-15-14(9-13)16-17(20-15)25-18(22-21-16)19-10-11-3-5-12(23)6-4-11/h3-10,23H,2H2,1H3/b19-10+. The van der Waals surface area contributed by atoms with Gasteiger partial charge >= 0.3 is 0 Å². The van der Waals surface area contributed by atoms with E-state index < -0.39 is 0 Å². The first-order valence-corrected chi connectivity index (χ1v) is 8.57. The summed E-state index contributed by atoms with van der Waals surface area (Å²) in [4.78, 5) is 8.94. The lowest BCUT2D eigenvalue weighted by atomic mass is 10.2. The lowest BCUT2D eigenvalue weighted by Gasteiger charge is -2.02. The van der Waals surface area contributed by atoms with Gasteiger partial charge in [0, 0.05) is 11.6 Å². The Bertz CT molecular complexity index is 1030. The molecule has 0 unspecified atom stereocenters. The Kier molecular flexibility index (Phi) is 3.99. The third-order valence-electron chi connectivity index (χ3n) is 3.60. The van der Waals surface area contributed by atoms with Crippen molar-refractivity contribution in [2.24, 2.45) is 4.99 Å². The summed E-state index contributed by atoms with van der Waals surface area (Å²) in [7, 11) is 0.